The third-order valence-electron chi connectivity index (χ3n) is 8.06. The highest BCUT2D eigenvalue weighted by Gasteiger charge is 2.55. The zero-order valence-corrected chi connectivity index (χ0v) is 20.4. The van der Waals surface area contributed by atoms with Crippen LogP contribution in [0.3, 0.4) is 0 Å². The van der Waals surface area contributed by atoms with Crippen molar-refractivity contribution >= 4 is 18.8 Å². The van der Waals surface area contributed by atoms with Gasteiger partial charge in [-0.2, -0.15) is 0 Å². The Balaban J connectivity index is 1.68. The lowest BCUT2D eigenvalue weighted by Crippen LogP contribution is -2.41. The van der Waals surface area contributed by atoms with Crippen LogP contribution < -0.4 is 0 Å². The van der Waals surface area contributed by atoms with Crippen LogP contribution >= 0.6 is 0 Å². The lowest BCUT2D eigenvalue weighted by Gasteiger charge is -2.32. The molecule has 4 rings (SSSR count). The molecule has 2 aliphatic rings. The van der Waals surface area contributed by atoms with E-state index in [2.05, 4.69) is 120 Å². The van der Waals surface area contributed by atoms with Crippen molar-refractivity contribution in [1.82, 2.24) is 0 Å². The third kappa shape index (κ3) is 4.51. The van der Waals surface area contributed by atoms with Crippen molar-refractivity contribution in [3.05, 3.63) is 83.9 Å². The standard InChI is InChI=1S/C29H37BO2/c1-21-22(2)27(30-31-28(3,4)29(5,6)32-30)20-19-26(24-15-11-8-12-16-24)25(21)18-17-23-13-9-7-10-14-23/h7-19,21-22,25,27H,20H2,1-6H3/b18-17+/t21-,22+,25-,27-/m1/s1. The SMILES string of the molecule is C[C@@H]1[C@H](C)[C@H](B2OC(C)(C)C(C)(C)O2)CC=C(c2ccccc2)[C@@H]1/C=C/c1ccccc1. The predicted molar refractivity (Wildman–Crippen MR) is 136 cm³/mol. The molecule has 1 saturated heterocycles. The van der Waals surface area contributed by atoms with Crippen molar-refractivity contribution in [1.29, 1.82) is 0 Å². The minimum atomic E-state index is -0.300. The average molecular weight is 428 g/mol. The second kappa shape index (κ2) is 9.04. The normalized spacial score (nSPS) is 29.7. The Morgan fingerprint density at radius 1 is 0.812 bits per heavy atom. The summed E-state index contributed by atoms with van der Waals surface area (Å²) >= 11 is 0. The van der Waals surface area contributed by atoms with Crippen LogP contribution in [0.15, 0.2) is 72.8 Å². The van der Waals surface area contributed by atoms with E-state index in [-0.39, 0.29) is 18.3 Å². The molecule has 4 atom stereocenters. The lowest BCUT2D eigenvalue weighted by atomic mass is 9.60. The topological polar surface area (TPSA) is 18.5 Å². The summed E-state index contributed by atoms with van der Waals surface area (Å²) in [5, 5.41) is 0. The minimum absolute atomic E-state index is 0.178. The third-order valence-corrected chi connectivity index (χ3v) is 8.06. The zero-order chi connectivity index (χ0) is 22.9. The van der Waals surface area contributed by atoms with Crippen LogP contribution in [-0.4, -0.2) is 18.3 Å². The van der Waals surface area contributed by atoms with Crippen molar-refractivity contribution in [2.75, 3.05) is 0 Å². The van der Waals surface area contributed by atoms with Gasteiger partial charge in [-0.25, -0.2) is 0 Å². The lowest BCUT2D eigenvalue weighted by molar-refractivity contribution is 0.00578. The van der Waals surface area contributed by atoms with E-state index >= 15 is 0 Å². The van der Waals surface area contributed by atoms with Crippen LogP contribution in [0, 0.1) is 17.8 Å². The number of hydrogen-bond donors (Lipinski definition) is 0. The number of benzene rings is 2. The Morgan fingerprint density at radius 2 is 1.38 bits per heavy atom. The van der Waals surface area contributed by atoms with Gasteiger partial charge in [0.15, 0.2) is 0 Å². The van der Waals surface area contributed by atoms with E-state index in [4.69, 9.17) is 9.31 Å². The summed E-state index contributed by atoms with van der Waals surface area (Å²) in [6, 6.07) is 21.4. The molecule has 0 radical (unpaired) electrons. The fraction of sp³-hybridized carbons (Fsp3) is 0.448. The molecule has 2 nitrogen and oxygen atoms in total. The molecule has 0 bridgehead atoms. The highest BCUT2D eigenvalue weighted by Crippen LogP contribution is 2.49. The van der Waals surface area contributed by atoms with E-state index in [1.807, 2.05) is 0 Å². The Morgan fingerprint density at radius 3 is 1.97 bits per heavy atom. The van der Waals surface area contributed by atoms with Gasteiger partial charge >= 0.3 is 7.12 Å². The quantitative estimate of drug-likeness (QED) is 0.469. The molecule has 0 spiro atoms. The van der Waals surface area contributed by atoms with E-state index in [1.54, 1.807) is 0 Å². The number of hydrogen-bond acceptors (Lipinski definition) is 2. The molecule has 2 aromatic carbocycles. The first-order valence-electron chi connectivity index (χ1n) is 12.0. The van der Waals surface area contributed by atoms with E-state index in [1.165, 1.54) is 16.7 Å². The molecule has 3 heteroatoms. The van der Waals surface area contributed by atoms with Crippen LogP contribution in [-0.2, 0) is 9.31 Å². The van der Waals surface area contributed by atoms with Crippen LogP contribution in [0.2, 0.25) is 5.82 Å². The maximum Gasteiger partial charge on any atom is 0.461 e. The highest BCUT2D eigenvalue weighted by atomic mass is 16.7. The molecule has 1 aliphatic carbocycles. The first-order chi connectivity index (χ1) is 15.2. The zero-order valence-electron chi connectivity index (χ0n) is 20.4. The van der Waals surface area contributed by atoms with Gasteiger partial charge in [-0.15, -0.1) is 0 Å². The minimum Gasteiger partial charge on any atom is -0.403 e. The van der Waals surface area contributed by atoms with E-state index < -0.39 is 0 Å². The van der Waals surface area contributed by atoms with Crippen molar-refractivity contribution in [2.45, 2.75) is 65.0 Å². The molecular weight excluding hydrogens is 391 g/mol. The molecule has 168 valence electrons. The van der Waals surface area contributed by atoms with Crippen molar-refractivity contribution in [2.24, 2.45) is 17.8 Å². The van der Waals surface area contributed by atoms with Gasteiger partial charge in [-0.1, -0.05) is 92.7 Å². The van der Waals surface area contributed by atoms with Gasteiger partial charge in [0.2, 0.25) is 0 Å². The summed E-state index contributed by atoms with van der Waals surface area (Å²) in [6.45, 7) is 13.4. The van der Waals surface area contributed by atoms with E-state index in [9.17, 15) is 0 Å². The molecule has 2 aromatic rings. The van der Waals surface area contributed by atoms with Gasteiger partial charge in [-0.3, -0.25) is 0 Å². The van der Waals surface area contributed by atoms with E-state index in [0.29, 0.717) is 23.6 Å². The molecule has 0 saturated carbocycles. The second-order valence-corrected chi connectivity index (χ2v) is 10.6. The van der Waals surface area contributed by atoms with Crippen molar-refractivity contribution in [3.8, 4) is 0 Å². The van der Waals surface area contributed by atoms with Crippen LogP contribution in [0.25, 0.3) is 11.6 Å². The van der Waals surface area contributed by atoms with Crippen LogP contribution in [0.4, 0.5) is 0 Å². The maximum absolute atomic E-state index is 6.51. The highest BCUT2D eigenvalue weighted by molar-refractivity contribution is 6.47. The molecule has 1 aliphatic heterocycles. The fourth-order valence-electron chi connectivity index (χ4n) is 5.04. The van der Waals surface area contributed by atoms with Gasteiger partial charge in [-0.05, 0) is 62.7 Å². The summed E-state index contributed by atoms with van der Waals surface area (Å²) in [5.41, 5.74) is 3.36. The monoisotopic (exact) mass is 428 g/mol. The Kier molecular flexibility index (Phi) is 6.52. The number of rotatable bonds is 4. The Hall–Kier alpha value is -2.10. The van der Waals surface area contributed by atoms with Crippen LogP contribution in [0.5, 0.6) is 0 Å². The maximum atomic E-state index is 6.51. The predicted octanol–water partition coefficient (Wildman–Crippen LogP) is 7.54. The Bertz CT molecular complexity index is 945. The second-order valence-electron chi connectivity index (χ2n) is 10.6. The smallest absolute Gasteiger partial charge is 0.403 e. The number of allylic oxidation sites excluding steroid dienone is 3. The summed E-state index contributed by atoms with van der Waals surface area (Å²) in [7, 11) is -0.178. The first-order valence-corrected chi connectivity index (χ1v) is 12.0. The molecule has 0 aromatic heterocycles. The molecule has 1 fully saturated rings. The largest absolute Gasteiger partial charge is 0.461 e. The van der Waals surface area contributed by atoms with Gasteiger partial charge in [0.1, 0.15) is 0 Å². The van der Waals surface area contributed by atoms with Crippen LogP contribution in [0.1, 0.15) is 59.1 Å². The van der Waals surface area contributed by atoms with E-state index in [0.717, 1.165) is 6.42 Å². The summed E-state index contributed by atoms with van der Waals surface area (Å²) in [4.78, 5) is 0. The average Bonchev–Trinajstić information content (AvgIpc) is 2.91. The molecule has 0 unspecified atom stereocenters. The molecule has 0 amide bonds. The van der Waals surface area contributed by atoms with Crippen molar-refractivity contribution < 1.29 is 9.31 Å². The first kappa shape index (κ1) is 23.1. The summed E-state index contributed by atoms with van der Waals surface area (Å²) in [5.74, 6) is 1.56. The van der Waals surface area contributed by atoms with Gasteiger partial charge in [0.05, 0.1) is 11.2 Å². The summed E-state index contributed by atoms with van der Waals surface area (Å²) < 4.78 is 13.0. The molecule has 1 heterocycles. The Labute approximate surface area is 194 Å². The fourth-order valence-corrected chi connectivity index (χ4v) is 5.04. The molecule has 0 N–H and O–H groups in total. The molecular formula is C29H37BO2. The van der Waals surface area contributed by atoms with Gasteiger partial charge in [0, 0.05) is 11.7 Å². The van der Waals surface area contributed by atoms with Gasteiger partial charge in [0.25, 0.3) is 0 Å². The summed E-state index contributed by atoms with van der Waals surface area (Å²) in [6.07, 6.45) is 8.09. The van der Waals surface area contributed by atoms with Crippen molar-refractivity contribution in [3.63, 3.8) is 0 Å². The molecule has 32 heavy (non-hydrogen) atoms. The van der Waals surface area contributed by atoms with Gasteiger partial charge < -0.3 is 9.31 Å².